The van der Waals surface area contributed by atoms with Gasteiger partial charge in [0.15, 0.2) is 5.76 Å². The molecule has 1 N–H and O–H groups in total. The molecule has 1 aromatic heterocycles. The van der Waals surface area contributed by atoms with Crippen LogP contribution in [0, 0.1) is 5.92 Å². The summed E-state index contributed by atoms with van der Waals surface area (Å²) >= 11 is 0. The van der Waals surface area contributed by atoms with Gasteiger partial charge in [-0.15, -0.1) is 0 Å². The highest BCUT2D eigenvalue weighted by Crippen LogP contribution is 2.29. The molecular formula is C29H35N3O4. The molecule has 2 heterocycles. The number of likely N-dealkylation sites (tertiary alicyclic amines) is 1. The highest BCUT2D eigenvalue weighted by atomic mass is 16.5. The molecule has 1 aliphatic heterocycles. The summed E-state index contributed by atoms with van der Waals surface area (Å²) in [6.45, 7) is 4.32. The first kappa shape index (κ1) is 25.5. The molecular weight excluding hydrogens is 454 g/mol. The van der Waals surface area contributed by atoms with Crippen LogP contribution in [0.2, 0.25) is 0 Å². The molecule has 36 heavy (non-hydrogen) atoms. The Morgan fingerprint density at radius 1 is 1.08 bits per heavy atom. The summed E-state index contributed by atoms with van der Waals surface area (Å²) in [5.41, 5.74) is 3.19. The Bertz CT molecular complexity index is 1140. The van der Waals surface area contributed by atoms with Gasteiger partial charge in [-0.1, -0.05) is 24.3 Å². The fourth-order valence-corrected chi connectivity index (χ4v) is 5.04. The molecule has 0 unspecified atom stereocenters. The van der Waals surface area contributed by atoms with Gasteiger partial charge in [0.2, 0.25) is 5.91 Å². The Balaban J connectivity index is 1.42. The van der Waals surface area contributed by atoms with Gasteiger partial charge in [0, 0.05) is 32.2 Å². The van der Waals surface area contributed by atoms with E-state index < -0.39 is 0 Å². The number of furan rings is 1. The SMILES string of the molecule is COc1cccc(C[C@@H](C2CCN(Cc3ccc(NC(C)=O)cc3)CC2)N(C)C(=O)c2ccco2)c1. The number of benzene rings is 2. The Labute approximate surface area is 213 Å². The number of rotatable bonds is 9. The van der Waals surface area contributed by atoms with Crippen molar-refractivity contribution in [3.05, 3.63) is 83.8 Å². The molecule has 2 aromatic carbocycles. The van der Waals surface area contributed by atoms with Crippen LogP contribution in [0.4, 0.5) is 5.69 Å². The van der Waals surface area contributed by atoms with E-state index in [1.165, 1.54) is 12.5 Å². The predicted octanol–water partition coefficient (Wildman–Crippen LogP) is 4.84. The van der Waals surface area contributed by atoms with E-state index in [0.717, 1.165) is 55.9 Å². The molecule has 1 saturated heterocycles. The van der Waals surface area contributed by atoms with Gasteiger partial charge in [-0.2, -0.15) is 0 Å². The second-order valence-corrected chi connectivity index (χ2v) is 9.51. The van der Waals surface area contributed by atoms with Gasteiger partial charge in [0.25, 0.3) is 5.91 Å². The first-order valence-electron chi connectivity index (χ1n) is 12.5. The van der Waals surface area contributed by atoms with Gasteiger partial charge in [0.05, 0.1) is 13.4 Å². The van der Waals surface area contributed by atoms with Gasteiger partial charge in [-0.3, -0.25) is 14.5 Å². The van der Waals surface area contributed by atoms with Gasteiger partial charge >= 0.3 is 0 Å². The number of hydrogen-bond acceptors (Lipinski definition) is 5. The van der Waals surface area contributed by atoms with Gasteiger partial charge in [-0.25, -0.2) is 0 Å². The molecule has 1 fully saturated rings. The number of methoxy groups -OCH3 is 1. The number of nitrogens with zero attached hydrogens (tertiary/aromatic N) is 2. The molecule has 7 nitrogen and oxygen atoms in total. The molecule has 2 amide bonds. The normalized spacial score (nSPS) is 15.3. The number of carbonyl (C=O) groups excluding carboxylic acids is 2. The van der Waals surface area contributed by atoms with E-state index in [2.05, 4.69) is 34.5 Å². The standard InChI is InChI=1S/C29H35N3O4/c1-21(33)30-25-11-9-22(10-12-25)20-32-15-13-24(14-16-32)27(19-23-6-4-7-26(18-23)35-3)31(2)29(34)28-8-5-17-36-28/h4-12,17-18,24,27H,13-16,19-20H2,1-3H3,(H,30,33)/t27-/m0/s1. The maximum absolute atomic E-state index is 13.2. The molecule has 0 bridgehead atoms. The quantitative estimate of drug-likeness (QED) is 0.465. The number of nitrogens with one attached hydrogen (secondary N) is 1. The van der Waals surface area contributed by atoms with Crippen molar-refractivity contribution >= 4 is 17.5 Å². The first-order chi connectivity index (χ1) is 17.4. The molecule has 1 atom stereocenters. The Morgan fingerprint density at radius 2 is 1.83 bits per heavy atom. The van der Waals surface area contributed by atoms with Crippen LogP contribution in [-0.4, -0.2) is 54.9 Å². The van der Waals surface area contributed by atoms with Crippen LogP contribution < -0.4 is 10.1 Å². The second-order valence-electron chi connectivity index (χ2n) is 9.51. The third-order valence-corrected chi connectivity index (χ3v) is 6.99. The van der Waals surface area contributed by atoms with E-state index in [1.54, 1.807) is 25.5 Å². The topological polar surface area (TPSA) is 75.0 Å². The van der Waals surface area contributed by atoms with E-state index in [1.807, 2.05) is 36.2 Å². The third kappa shape index (κ3) is 6.55. The lowest BCUT2D eigenvalue weighted by Crippen LogP contribution is -2.47. The molecule has 0 saturated carbocycles. The molecule has 7 heteroatoms. The number of likely N-dealkylation sites (N-methyl/N-ethyl adjacent to an activating group) is 1. The average Bonchev–Trinajstić information content (AvgIpc) is 3.43. The summed E-state index contributed by atoms with van der Waals surface area (Å²) in [5.74, 6) is 1.41. The summed E-state index contributed by atoms with van der Waals surface area (Å²) < 4.78 is 10.8. The number of amides is 2. The zero-order chi connectivity index (χ0) is 25.5. The van der Waals surface area contributed by atoms with Crippen LogP contribution in [0.15, 0.2) is 71.3 Å². The lowest BCUT2D eigenvalue weighted by atomic mass is 9.84. The molecule has 190 valence electrons. The minimum absolute atomic E-state index is 0.0498. The molecule has 0 spiro atoms. The summed E-state index contributed by atoms with van der Waals surface area (Å²) in [4.78, 5) is 28.7. The number of anilines is 1. The zero-order valence-corrected chi connectivity index (χ0v) is 21.3. The zero-order valence-electron chi connectivity index (χ0n) is 21.3. The molecule has 4 rings (SSSR count). The highest BCUT2D eigenvalue weighted by molar-refractivity contribution is 5.91. The third-order valence-electron chi connectivity index (χ3n) is 6.99. The Kier molecular flexibility index (Phi) is 8.44. The van der Waals surface area contributed by atoms with E-state index >= 15 is 0 Å². The highest BCUT2D eigenvalue weighted by Gasteiger charge is 2.32. The summed E-state index contributed by atoms with van der Waals surface area (Å²) in [6.07, 6.45) is 4.32. The van der Waals surface area contributed by atoms with Crippen molar-refractivity contribution in [1.82, 2.24) is 9.80 Å². The number of ether oxygens (including phenoxy) is 1. The lowest BCUT2D eigenvalue weighted by Gasteiger charge is -2.40. The summed E-state index contributed by atoms with van der Waals surface area (Å²) in [6, 6.07) is 19.6. The van der Waals surface area contributed by atoms with Crippen LogP contribution in [0.3, 0.4) is 0 Å². The van der Waals surface area contributed by atoms with Crippen LogP contribution in [0.25, 0.3) is 0 Å². The van der Waals surface area contributed by atoms with E-state index in [0.29, 0.717) is 11.7 Å². The molecule has 1 aliphatic rings. The maximum Gasteiger partial charge on any atom is 0.289 e. The largest absolute Gasteiger partial charge is 0.497 e. The van der Waals surface area contributed by atoms with Crippen LogP contribution in [0.1, 0.15) is 41.4 Å². The van der Waals surface area contributed by atoms with Crippen molar-refractivity contribution in [1.29, 1.82) is 0 Å². The van der Waals surface area contributed by atoms with Crippen molar-refractivity contribution in [3.8, 4) is 5.75 Å². The van der Waals surface area contributed by atoms with Crippen molar-refractivity contribution in [2.75, 3.05) is 32.6 Å². The van der Waals surface area contributed by atoms with Gasteiger partial charge in [-0.05, 0) is 85.8 Å². The summed E-state index contributed by atoms with van der Waals surface area (Å²) in [7, 11) is 3.56. The molecule has 0 radical (unpaired) electrons. The van der Waals surface area contributed by atoms with E-state index in [4.69, 9.17) is 9.15 Å². The molecule has 0 aliphatic carbocycles. The van der Waals surface area contributed by atoms with Gasteiger partial charge in [0.1, 0.15) is 5.75 Å². The van der Waals surface area contributed by atoms with Crippen LogP contribution >= 0.6 is 0 Å². The number of piperidine rings is 1. The van der Waals surface area contributed by atoms with Gasteiger partial charge < -0.3 is 19.4 Å². The van der Waals surface area contributed by atoms with E-state index in [-0.39, 0.29) is 17.9 Å². The fraction of sp³-hybridized carbons (Fsp3) is 0.379. The number of hydrogen-bond donors (Lipinski definition) is 1. The smallest absolute Gasteiger partial charge is 0.289 e. The first-order valence-corrected chi connectivity index (χ1v) is 12.5. The monoisotopic (exact) mass is 489 g/mol. The van der Waals surface area contributed by atoms with Crippen LogP contribution in [0.5, 0.6) is 5.75 Å². The predicted molar refractivity (Wildman–Crippen MR) is 140 cm³/mol. The van der Waals surface area contributed by atoms with E-state index in [9.17, 15) is 9.59 Å². The summed E-state index contributed by atoms with van der Waals surface area (Å²) in [5, 5.41) is 2.81. The van der Waals surface area contributed by atoms with Crippen molar-refractivity contribution in [3.63, 3.8) is 0 Å². The Morgan fingerprint density at radius 3 is 2.47 bits per heavy atom. The average molecular weight is 490 g/mol. The lowest BCUT2D eigenvalue weighted by molar-refractivity contribution is -0.114. The minimum Gasteiger partial charge on any atom is -0.497 e. The fourth-order valence-electron chi connectivity index (χ4n) is 5.04. The minimum atomic E-state index is -0.0883. The number of carbonyl (C=O) groups is 2. The molecule has 3 aromatic rings. The van der Waals surface area contributed by atoms with Crippen molar-refractivity contribution in [2.24, 2.45) is 5.92 Å². The van der Waals surface area contributed by atoms with Crippen LogP contribution in [-0.2, 0) is 17.8 Å². The second kappa shape index (κ2) is 11.9. The van der Waals surface area contributed by atoms with Crippen molar-refractivity contribution < 1.29 is 18.7 Å². The maximum atomic E-state index is 13.2. The van der Waals surface area contributed by atoms with Crippen molar-refractivity contribution in [2.45, 2.75) is 38.8 Å². The Hall–Kier alpha value is -3.58.